The van der Waals surface area contributed by atoms with Gasteiger partial charge < -0.3 is 0 Å². The van der Waals surface area contributed by atoms with Crippen LogP contribution < -0.4 is 0 Å². The molecule has 2 aromatic carbocycles. The predicted octanol–water partition coefficient (Wildman–Crippen LogP) is 5.26. The Kier molecular flexibility index (Phi) is 5.74. The van der Waals surface area contributed by atoms with Crippen molar-refractivity contribution in [1.82, 2.24) is 4.31 Å². The number of hydrogen-bond donors (Lipinski definition) is 0. The summed E-state index contributed by atoms with van der Waals surface area (Å²) in [5, 5.41) is 0.651. The van der Waals surface area contributed by atoms with Crippen molar-refractivity contribution in [2.75, 3.05) is 13.1 Å². The zero-order chi connectivity index (χ0) is 18.0. The molecule has 0 radical (unpaired) electrons. The lowest BCUT2D eigenvalue weighted by molar-refractivity contribution is 0.406. The summed E-state index contributed by atoms with van der Waals surface area (Å²) in [6.07, 6.45) is 2.86. The minimum Gasteiger partial charge on any atom is -0.207 e. The maximum atomic E-state index is 13.2. The molecule has 3 rings (SSSR count). The van der Waals surface area contributed by atoms with E-state index in [1.807, 2.05) is 18.2 Å². The molecule has 1 unspecified atom stereocenters. The predicted molar refractivity (Wildman–Crippen MR) is 103 cm³/mol. The molecule has 134 valence electrons. The van der Waals surface area contributed by atoms with Gasteiger partial charge in [-0.25, -0.2) is 8.42 Å². The Morgan fingerprint density at radius 2 is 1.76 bits per heavy atom. The van der Waals surface area contributed by atoms with Crippen LogP contribution in [0.5, 0.6) is 0 Å². The lowest BCUT2D eigenvalue weighted by Gasteiger charge is -2.25. The summed E-state index contributed by atoms with van der Waals surface area (Å²) >= 11 is 12.3. The summed E-state index contributed by atoms with van der Waals surface area (Å²) in [6.45, 7) is 2.78. The third-order valence-corrected chi connectivity index (χ3v) is 7.47. The molecule has 0 N–H and O–H groups in total. The molecule has 0 aliphatic carbocycles. The van der Waals surface area contributed by atoms with Gasteiger partial charge in [-0.15, -0.1) is 0 Å². The number of halogens is 2. The molecule has 0 bridgehead atoms. The smallest absolute Gasteiger partial charge is 0.207 e. The molecule has 2 aromatic rings. The van der Waals surface area contributed by atoms with Gasteiger partial charge in [0.1, 0.15) is 4.90 Å². The van der Waals surface area contributed by atoms with Gasteiger partial charge in [-0.3, -0.25) is 0 Å². The molecular weight excluding hydrogens is 377 g/mol. The Bertz CT molecular complexity index is 853. The summed E-state index contributed by atoms with van der Waals surface area (Å²) in [6, 6.07) is 13.2. The standard InChI is InChI=1S/C19H21Cl2NO2S/c1-14-11-19(18(21)12-17(14)20)25(23,24)22-10-6-5-9-16(13-22)15-7-3-2-4-8-15/h2-4,7-8,11-12,16H,5-6,9-10,13H2,1H3. The second-order valence-corrected chi connectivity index (χ2v) is 9.22. The van der Waals surface area contributed by atoms with Gasteiger partial charge in [0.15, 0.2) is 0 Å². The third-order valence-electron chi connectivity index (χ3n) is 4.74. The van der Waals surface area contributed by atoms with Gasteiger partial charge in [-0.05, 0) is 48.9 Å². The maximum absolute atomic E-state index is 13.2. The average molecular weight is 398 g/mol. The summed E-state index contributed by atoms with van der Waals surface area (Å²) in [5.41, 5.74) is 1.89. The second kappa shape index (κ2) is 7.67. The molecule has 0 amide bonds. The Balaban J connectivity index is 1.94. The zero-order valence-corrected chi connectivity index (χ0v) is 16.4. The first-order valence-corrected chi connectivity index (χ1v) is 10.6. The van der Waals surface area contributed by atoms with Crippen molar-refractivity contribution >= 4 is 33.2 Å². The summed E-state index contributed by atoms with van der Waals surface area (Å²) in [5.74, 6) is 0.200. The second-order valence-electron chi connectivity index (χ2n) is 6.50. The lowest BCUT2D eigenvalue weighted by atomic mass is 9.95. The molecule has 0 spiro atoms. The van der Waals surface area contributed by atoms with Crippen LogP contribution in [0.4, 0.5) is 0 Å². The van der Waals surface area contributed by atoms with Crippen molar-refractivity contribution in [3.05, 3.63) is 63.6 Å². The highest BCUT2D eigenvalue weighted by molar-refractivity contribution is 7.89. The normalized spacial score (nSPS) is 19.6. The van der Waals surface area contributed by atoms with E-state index in [-0.39, 0.29) is 15.8 Å². The molecule has 1 aliphatic rings. The van der Waals surface area contributed by atoms with E-state index >= 15 is 0 Å². The van der Waals surface area contributed by atoms with Gasteiger partial charge in [0.25, 0.3) is 0 Å². The van der Waals surface area contributed by atoms with Crippen LogP contribution in [0, 0.1) is 6.92 Å². The summed E-state index contributed by atoms with van der Waals surface area (Å²) in [4.78, 5) is 0.143. The zero-order valence-electron chi connectivity index (χ0n) is 14.1. The van der Waals surface area contributed by atoms with E-state index in [0.717, 1.165) is 19.3 Å². The van der Waals surface area contributed by atoms with Gasteiger partial charge in [-0.1, -0.05) is 60.0 Å². The number of sulfonamides is 1. The van der Waals surface area contributed by atoms with Crippen LogP contribution in [0.1, 0.15) is 36.3 Å². The van der Waals surface area contributed by atoms with Gasteiger partial charge in [0.2, 0.25) is 10.0 Å². The molecule has 1 fully saturated rings. The third kappa shape index (κ3) is 4.03. The van der Waals surface area contributed by atoms with Crippen molar-refractivity contribution in [2.24, 2.45) is 0 Å². The summed E-state index contributed by atoms with van der Waals surface area (Å²) < 4.78 is 28.0. The Morgan fingerprint density at radius 1 is 1.04 bits per heavy atom. The highest BCUT2D eigenvalue weighted by Gasteiger charge is 2.31. The quantitative estimate of drug-likeness (QED) is 0.707. The number of rotatable bonds is 3. The minimum absolute atomic E-state index is 0.143. The molecule has 0 aromatic heterocycles. The molecule has 1 aliphatic heterocycles. The van der Waals surface area contributed by atoms with E-state index in [2.05, 4.69) is 12.1 Å². The van der Waals surface area contributed by atoms with E-state index in [1.54, 1.807) is 17.3 Å². The van der Waals surface area contributed by atoms with Crippen LogP contribution in [0.15, 0.2) is 47.4 Å². The van der Waals surface area contributed by atoms with Crippen molar-refractivity contribution in [1.29, 1.82) is 0 Å². The average Bonchev–Trinajstić information content (AvgIpc) is 2.85. The molecule has 3 nitrogen and oxygen atoms in total. The molecule has 25 heavy (non-hydrogen) atoms. The maximum Gasteiger partial charge on any atom is 0.244 e. The first kappa shape index (κ1) is 18.7. The highest BCUT2D eigenvalue weighted by Crippen LogP contribution is 2.33. The Labute approximate surface area is 159 Å². The lowest BCUT2D eigenvalue weighted by Crippen LogP contribution is -2.34. The van der Waals surface area contributed by atoms with E-state index in [0.29, 0.717) is 23.7 Å². The molecule has 1 atom stereocenters. The van der Waals surface area contributed by atoms with Gasteiger partial charge >= 0.3 is 0 Å². The van der Waals surface area contributed by atoms with Crippen molar-refractivity contribution in [3.63, 3.8) is 0 Å². The van der Waals surface area contributed by atoms with Crippen molar-refractivity contribution < 1.29 is 8.42 Å². The highest BCUT2D eigenvalue weighted by atomic mass is 35.5. The van der Waals surface area contributed by atoms with Crippen molar-refractivity contribution in [2.45, 2.75) is 37.0 Å². The fourth-order valence-electron chi connectivity index (χ4n) is 3.29. The van der Waals surface area contributed by atoms with Crippen molar-refractivity contribution in [3.8, 4) is 0 Å². The van der Waals surface area contributed by atoms with Crippen LogP contribution in [0.25, 0.3) is 0 Å². The van der Waals surface area contributed by atoms with E-state index < -0.39 is 10.0 Å². The van der Waals surface area contributed by atoms with Gasteiger partial charge in [0, 0.05) is 18.1 Å². The minimum atomic E-state index is -3.65. The van der Waals surface area contributed by atoms with E-state index in [9.17, 15) is 8.42 Å². The largest absolute Gasteiger partial charge is 0.244 e. The number of aryl methyl sites for hydroxylation is 1. The number of benzene rings is 2. The van der Waals surface area contributed by atoms with E-state index in [1.165, 1.54) is 11.6 Å². The molecule has 0 saturated carbocycles. The molecular formula is C19H21Cl2NO2S. The van der Waals surface area contributed by atoms with Crippen LogP contribution in [0.3, 0.4) is 0 Å². The van der Waals surface area contributed by atoms with E-state index in [4.69, 9.17) is 23.2 Å². The Morgan fingerprint density at radius 3 is 2.48 bits per heavy atom. The SMILES string of the molecule is Cc1cc(S(=O)(=O)N2CCCCC(c3ccccc3)C2)c(Cl)cc1Cl. The van der Waals surface area contributed by atoms with Crippen LogP contribution in [-0.4, -0.2) is 25.8 Å². The topological polar surface area (TPSA) is 37.4 Å². The van der Waals surface area contributed by atoms with Gasteiger partial charge in [-0.2, -0.15) is 4.31 Å². The number of nitrogens with zero attached hydrogens (tertiary/aromatic N) is 1. The first-order chi connectivity index (χ1) is 11.9. The fraction of sp³-hybridized carbons (Fsp3) is 0.368. The Hall–Kier alpha value is -1.07. The van der Waals surface area contributed by atoms with Crippen LogP contribution in [-0.2, 0) is 10.0 Å². The number of hydrogen-bond acceptors (Lipinski definition) is 2. The van der Waals surface area contributed by atoms with Crippen LogP contribution in [0.2, 0.25) is 10.0 Å². The molecule has 1 saturated heterocycles. The fourth-order valence-corrected chi connectivity index (χ4v) is 5.62. The van der Waals surface area contributed by atoms with Gasteiger partial charge in [0.05, 0.1) is 5.02 Å². The molecule has 6 heteroatoms. The van der Waals surface area contributed by atoms with Crippen LogP contribution >= 0.6 is 23.2 Å². The first-order valence-electron chi connectivity index (χ1n) is 8.40. The monoisotopic (exact) mass is 397 g/mol. The summed E-state index contributed by atoms with van der Waals surface area (Å²) in [7, 11) is -3.65. The molecule has 1 heterocycles.